The van der Waals surface area contributed by atoms with Crippen molar-refractivity contribution in [1.29, 1.82) is 0 Å². The van der Waals surface area contributed by atoms with Crippen LogP contribution in [0.1, 0.15) is 134 Å². The SMILES string of the molecule is C=C(C)C(=O)OCCCc1cc(-c2ccc(-c3ccc(C4CCC(CCCCC)CC4)cc3)cc2CC)cc(CCCO)c1OCC(COC(=O)C(=C)C)(COC(=O)C(=C)C)COC(=O)C(=C)C. The second kappa shape index (κ2) is 27.3. The van der Waals surface area contributed by atoms with E-state index in [-0.39, 0.29) is 56.4 Å². The maximum absolute atomic E-state index is 12.8. The Morgan fingerprint density at radius 3 is 1.59 bits per heavy atom. The van der Waals surface area contributed by atoms with Crippen LogP contribution < -0.4 is 4.74 Å². The fraction of sp³-hybridized carbons (Fsp3) is 0.483. The molecule has 68 heavy (non-hydrogen) atoms. The summed E-state index contributed by atoms with van der Waals surface area (Å²) in [5.74, 6) is -0.557. The van der Waals surface area contributed by atoms with Crippen molar-refractivity contribution in [3.63, 3.8) is 0 Å². The first-order valence-corrected chi connectivity index (χ1v) is 24.4. The summed E-state index contributed by atoms with van der Waals surface area (Å²) in [4.78, 5) is 50.7. The van der Waals surface area contributed by atoms with E-state index >= 15 is 0 Å². The molecule has 1 aliphatic carbocycles. The number of unbranched alkanes of at least 4 members (excludes halogenated alkanes) is 2. The van der Waals surface area contributed by atoms with Gasteiger partial charge in [0.05, 0.1) is 6.61 Å². The number of aliphatic hydroxyl groups excluding tert-OH is 1. The molecule has 0 heterocycles. The summed E-state index contributed by atoms with van der Waals surface area (Å²) in [5.41, 5.74) is 7.83. The maximum atomic E-state index is 12.8. The van der Waals surface area contributed by atoms with Gasteiger partial charge < -0.3 is 28.8 Å². The van der Waals surface area contributed by atoms with Gasteiger partial charge in [0.15, 0.2) is 0 Å². The third-order valence-electron chi connectivity index (χ3n) is 12.7. The lowest BCUT2D eigenvalue weighted by Crippen LogP contribution is -2.44. The van der Waals surface area contributed by atoms with Crippen molar-refractivity contribution < 1.29 is 48.0 Å². The number of hydrogen-bond acceptors (Lipinski definition) is 10. The minimum atomic E-state index is -1.40. The fourth-order valence-electron chi connectivity index (χ4n) is 8.55. The Morgan fingerprint density at radius 1 is 0.588 bits per heavy atom. The zero-order valence-corrected chi connectivity index (χ0v) is 41.7. The molecule has 0 bridgehead atoms. The lowest BCUT2D eigenvalue weighted by molar-refractivity contribution is -0.159. The monoisotopic (exact) mass is 933 g/mol. The minimum absolute atomic E-state index is 0.0711. The second-order valence-corrected chi connectivity index (χ2v) is 18.9. The van der Waals surface area contributed by atoms with Crippen LogP contribution in [-0.2, 0) is 57.4 Å². The number of carbonyl (C=O) groups is 4. The van der Waals surface area contributed by atoms with Crippen LogP contribution in [0.4, 0.5) is 0 Å². The first-order valence-electron chi connectivity index (χ1n) is 24.4. The van der Waals surface area contributed by atoms with Gasteiger partial charge in [-0.3, -0.25) is 0 Å². The van der Waals surface area contributed by atoms with Crippen molar-refractivity contribution in [2.45, 2.75) is 131 Å². The Bertz CT molecular complexity index is 2170. The van der Waals surface area contributed by atoms with Gasteiger partial charge in [-0.1, -0.05) is 108 Å². The molecular formula is C58H76O10. The van der Waals surface area contributed by atoms with Crippen LogP contribution >= 0.6 is 0 Å². The molecule has 4 rings (SSSR count). The molecule has 10 nitrogen and oxygen atoms in total. The van der Waals surface area contributed by atoms with Gasteiger partial charge in [-0.15, -0.1) is 0 Å². The highest BCUT2D eigenvalue weighted by molar-refractivity contribution is 5.88. The maximum Gasteiger partial charge on any atom is 0.333 e. The van der Waals surface area contributed by atoms with Crippen molar-refractivity contribution >= 4 is 23.9 Å². The van der Waals surface area contributed by atoms with Crippen LogP contribution in [0.5, 0.6) is 5.75 Å². The van der Waals surface area contributed by atoms with Crippen LogP contribution in [0.3, 0.4) is 0 Å². The molecule has 1 aliphatic rings. The molecule has 0 aliphatic heterocycles. The van der Waals surface area contributed by atoms with E-state index in [0.717, 1.165) is 45.7 Å². The highest BCUT2D eigenvalue weighted by Gasteiger charge is 2.38. The van der Waals surface area contributed by atoms with Gasteiger partial charge in [-0.05, 0) is 154 Å². The van der Waals surface area contributed by atoms with Gasteiger partial charge in [-0.25, -0.2) is 19.2 Å². The van der Waals surface area contributed by atoms with Crippen molar-refractivity contribution in [1.82, 2.24) is 0 Å². The standard InChI is InChI=1S/C58H76O10/c1-11-13-14-17-43-20-22-45(23-21-43)46-24-26-47(27-25-46)48-28-29-52(44(12-2)32-48)51-33-49(18-15-30-59)53(50(34-51)19-16-31-64-54(60)39(3)4)65-35-58(36-66-55(61)40(5)6,37-67-56(62)41(7)8)38-68-57(63)42(9)10/h24-29,32-34,43,45,59H,3,5,7,9,11-23,30-31,35-38H2,1-2,4,6,8,10H3. The molecule has 3 aromatic rings. The average Bonchev–Trinajstić information content (AvgIpc) is 3.33. The van der Waals surface area contributed by atoms with E-state index < -0.39 is 29.3 Å². The molecule has 0 atom stereocenters. The highest BCUT2D eigenvalue weighted by Crippen LogP contribution is 2.40. The summed E-state index contributed by atoms with van der Waals surface area (Å²) in [6, 6.07) is 19.9. The second-order valence-electron chi connectivity index (χ2n) is 18.9. The topological polar surface area (TPSA) is 135 Å². The first kappa shape index (κ1) is 54.9. The van der Waals surface area contributed by atoms with Gasteiger partial charge in [0.1, 0.15) is 37.6 Å². The number of hydrogen-bond donors (Lipinski definition) is 1. The van der Waals surface area contributed by atoms with E-state index in [4.69, 9.17) is 23.7 Å². The zero-order valence-electron chi connectivity index (χ0n) is 41.7. The summed E-state index contributed by atoms with van der Waals surface area (Å²) in [6.45, 7) is 24.0. The molecule has 0 spiro atoms. The van der Waals surface area contributed by atoms with E-state index in [9.17, 15) is 24.3 Å². The van der Waals surface area contributed by atoms with Crippen LogP contribution in [0.15, 0.2) is 103 Å². The quantitative estimate of drug-likeness (QED) is 0.0324. The normalized spacial score (nSPS) is 14.6. The number of aliphatic hydroxyl groups is 1. The molecule has 0 aromatic heterocycles. The lowest BCUT2D eigenvalue weighted by Gasteiger charge is -2.33. The van der Waals surface area contributed by atoms with Crippen molar-refractivity contribution in [2.75, 3.05) is 39.6 Å². The molecular weight excluding hydrogens is 857 g/mol. The van der Waals surface area contributed by atoms with Crippen molar-refractivity contribution in [2.24, 2.45) is 11.3 Å². The number of esters is 4. The Morgan fingerprint density at radius 2 is 1.09 bits per heavy atom. The largest absolute Gasteiger partial charge is 0.492 e. The molecule has 1 N–H and O–H groups in total. The molecule has 0 unspecified atom stereocenters. The molecule has 1 fully saturated rings. The van der Waals surface area contributed by atoms with E-state index in [0.29, 0.717) is 42.9 Å². The Kier molecular flexibility index (Phi) is 22.0. The summed E-state index contributed by atoms with van der Waals surface area (Å²) < 4.78 is 29.2. The van der Waals surface area contributed by atoms with Gasteiger partial charge >= 0.3 is 23.9 Å². The van der Waals surface area contributed by atoms with Gasteiger partial charge in [0, 0.05) is 28.9 Å². The predicted octanol–water partition coefficient (Wildman–Crippen LogP) is 12.1. The van der Waals surface area contributed by atoms with Gasteiger partial charge in [0.2, 0.25) is 0 Å². The van der Waals surface area contributed by atoms with E-state index in [1.54, 1.807) is 6.92 Å². The van der Waals surface area contributed by atoms with Crippen molar-refractivity contribution in [3.8, 4) is 28.0 Å². The number of ether oxygens (including phenoxy) is 5. The summed E-state index contributed by atoms with van der Waals surface area (Å²) in [6.07, 6.45) is 13.0. The first-order chi connectivity index (χ1) is 32.5. The molecule has 10 heteroatoms. The molecule has 0 amide bonds. The average molecular weight is 933 g/mol. The predicted molar refractivity (Wildman–Crippen MR) is 270 cm³/mol. The third-order valence-corrected chi connectivity index (χ3v) is 12.7. The Labute approximate surface area is 405 Å². The summed E-state index contributed by atoms with van der Waals surface area (Å²) in [5, 5.41) is 10.1. The highest BCUT2D eigenvalue weighted by atomic mass is 16.6. The molecule has 0 saturated heterocycles. The zero-order chi connectivity index (χ0) is 49.8. The van der Waals surface area contributed by atoms with Crippen LogP contribution in [0, 0.1) is 11.3 Å². The van der Waals surface area contributed by atoms with Crippen LogP contribution in [0.2, 0.25) is 0 Å². The fourth-order valence-corrected chi connectivity index (χ4v) is 8.55. The lowest BCUT2D eigenvalue weighted by atomic mass is 9.77. The van der Waals surface area contributed by atoms with Crippen LogP contribution in [0.25, 0.3) is 22.3 Å². The van der Waals surface area contributed by atoms with E-state index in [1.807, 2.05) is 0 Å². The van der Waals surface area contributed by atoms with E-state index in [2.05, 4.69) is 94.8 Å². The molecule has 1 saturated carbocycles. The molecule has 0 radical (unpaired) electrons. The van der Waals surface area contributed by atoms with Gasteiger partial charge in [0.25, 0.3) is 0 Å². The Balaban J connectivity index is 1.75. The number of carbonyl (C=O) groups excluding carboxylic acids is 4. The van der Waals surface area contributed by atoms with Crippen LogP contribution in [-0.4, -0.2) is 68.6 Å². The Hall–Kier alpha value is -5.74. The smallest absolute Gasteiger partial charge is 0.333 e. The van der Waals surface area contributed by atoms with E-state index in [1.165, 1.54) is 83.3 Å². The minimum Gasteiger partial charge on any atom is -0.492 e. The number of rotatable bonds is 28. The van der Waals surface area contributed by atoms with Crippen molar-refractivity contribution in [3.05, 3.63) is 125 Å². The molecule has 368 valence electrons. The molecule has 3 aromatic carbocycles. The number of benzene rings is 3. The summed E-state index contributed by atoms with van der Waals surface area (Å²) >= 11 is 0. The summed E-state index contributed by atoms with van der Waals surface area (Å²) in [7, 11) is 0. The number of aryl methyl sites for hydroxylation is 3. The van der Waals surface area contributed by atoms with Gasteiger partial charge in [-0.2, -0.15) is 0 Å². The third kappa shape index (κ3) is 16.5.